The molecule has 0 radical (unpaired) electrons. The zero-order valence-corrected chi connectivity index (χ0v) is 11.0. The van der Waals surface area contributed by atoms with Crippen LogP contribution in [0.4, 0.5) is 13.2 Å². The van der Waals surface area contributed by atoms with Crippen molar-refractivity contribution < 1.29 is 18.0 Å². The Hall–Kier alpha value is -0.810. The first kappa shape index (κ1) is 14.3. The second kappa shape index (κ2) is 5.23. The number of alkyl halides is 4. The first-order chi connectivity index (χ1) is 7.82. The van der Waals surface area contributed by atoms with Crippen molar-refractivity contribution in [1.82, 2.24) is 0 Å². The molecule has 7 heteroatoms. The minimum absolute atomic E-state index is 0.142. The third kappa shape index (κ3) is 2.90. The number of ketones is 1. The molecule has 0 atom stereocenters. The Morgan fingerprint density at radius 1 is 1.47 bits per heavy atom. The summed E-state index contributed by atoms with van der Waals surface area (Å²) in [5, 5.41) is 8.74. The summed E-state index contributed by atoms with van der Waals surface area (Å²) in [5.41, 5.74) is -2.32. The summed E-state index contributed by atoms with van der Waals surface area (Å²) in [5.74, 6) is -1.42. The van der Waals surface area contributed by atoms with Crippen molar-refractivity contribution in [2.45, 2.75) is 6.18 Å². The topological polar surface area (TPSA) is 40.9 Å². The van der Waals surface area contributed by atoms with Gasteiger partial charge in [0.25, 0.3) is 0 Å². The molecule has 0 saturated heterocycles. The third-order valence-electron chi connectivity index (χ3n) is 1.97. The lowest BCUT2D eigenvalue weighted by atomic mass is 9.99. The molecule has 0 saturated carbocycles. The van der Waals surface area contributed by atoms with Gasteiger partial charge in [0.15, 0.2) is 5.78 Å². The monoisotopic (exact) mass is 373 g/mol. The zero-order valence-electron chi connectivity index (χ0n) is 8.11. The van der Waals surface area contributed by atoms with Crippen LogP contribution < -0.4 is 0 Å². The fourth-order valence-corrected chi connectivity index (χ4v) is 2.00. The molecular formula is C10H4ClF3INO. The summed E-state index contributed by atoms with van der Waals surface area (Å²) in [6.07, 6.45) is -4.76. The van der Waals surface area contributed by atoms with Crippen molar-refractivity contribution in [3.63, 3.8) is 0 Å². The van der Waals surface area contributed by atoms with Crippen LogP contribution in [0.25, 0.3) is 0 Å². The molecule has 1 aromatic rings. The fraction of sp³-hybridized carbons (Fsp3) is 0.200. The lowest BCUT2D eigenvalue weighted by Gasteiger charge is -2.14. The van der Waals surface area contributed by atoms with Crippen LogP contribution in [-0.4, -0.2) is 11.7 Å². The van der Waals surface area contributed by atoms with E-state index in [1.807, 2.05) is 0 Å². The smallest absolute Gasteiger partial charge is 0.293 e. The molecule has 0 aliphatic heterocycles. The van der Waals surface area contributed by atoms with Gasteiger partial charge in [-0.05, 0) is 34.7 Å². The maximum atomic E-state index is 12.8. The number of halogens is 5. The number of rotatable bonds is 2. The number of carbonyl (C=O) groups excluding carboxylic acids is 1. The minimum Gasteiger partial charge on any atom is -0.293 e. The van der Waals surface area contributed by atoms with Gasteiger partial charge in [0.2, 0.25) is 0 Å². The summed E-state index contributed by atoms with van der Waals surface area (Å²) >= 11 is 6.85. The molecule has 0 fully saturated rings. The number of nitriles is 1. The van der Waals surface area contributed by atoms with Gasteiger partial charge in [0.05, 0.1) is 17.0 Å². The zero-order chi connectivity index (χ0) is 13.2. The van der Waals surface area contributed by atoms with Gasteiger partial charge >= 0.3 is 6.18 Å². The second-order valence-corrected chi connectivity index (χ2v) is 4.44. The number of carbonyl (C=O) groups is 1. The van der Waals surface area contributed by atoms with E-state index in [0.29, 0.717) is 0 Å². The Labute approximate surface area is 114 Å². The van der Waals surface area contributed by atoms with E-state index in [9.17, 15) is 18.0 Å². The first-order valence-electron chi connectivity index (χ1n) is 4.22. The fourth-order valence-electron chi connectivity index (χ4n) is 1.29. The molecule has 1 rings (SSSR count). The first-order valence-corrected chi connectivity index (χ1v) is 5.83. The van der Waals surface area contributed by atoms with Gasteiger partial charge in [-0.3, -0.25) is 4.79 Å². The van der Waals surface area contributed by atoms with Gasteiger partial charge in [-0.2, -0.15) is 18.4 Å². The molecule has 0 N–H and O–H groups in total. The number of hydrogen-bond acceptors (Lipinski definition) is 2. The van der Waals surface area contributed by atoms with E-state index in [1.54, 1.807) is 22.6 Å². The average molecular weight is 373 g/mol. The van der Waals surface area contributed by atoms with Crippen LogP contribution in [0.3, 0.4) is 0 Å². The quantitative estimate of drug-likeness (QED) is 0.451. The van der Waals surface area contributed by atoms with E-state index in [4.69, 9.17) is 16.9 Å². The van der Waals surface area contributed by atoms with Crippen LogP contribution in [0, 0.1) is 14.9 Å². The summed E-state index contributed by atoms with van der Waals surface area (Å²) in [6.45, 7) is 0. The molecule has 0 aliphatic rings. The van der Waals surface area contributed by atoms with Crippen LogP contribution >= 0.6 is 34.2 Å². The summed E-state index contributed by atoms with van der Waals surface area (Å²) in [7, 11) is 0. The molecule has 0 amide bonds. The predicted molar refractivity (Wildman–Crippen MR) is 63.9 cm³/mol. The van der Waals surface area contributed by atoms with Gasteiger partial charge in [0, 0.05) is 9.13 Å². The Morgan fingerprint density at radius 3 is 2.47 bits per heavy atom. The average Bonchev–Trinajstić information content (AvgIpc) is 2.26. The molecule has 0 aliphatic carbocycles. The van der Waals surface area contributed by atoms with Crippen LogP contribution in [0.2, 0.25) is 0 Å². The Morgan fingerprint density at radius 2 is 2.06 bits per heavy atom. The lowest BCUT2D eigenvalue weighted by Crippen LogP contribution is -2.17. The van der Waals surface area contributed by atoms with Gasteiger partial charge in [-0.25, -0.2) is 0 Å². The Balaban J connectivity index is 3.65. The van der Waals surface area contributed by atoms with E-state index in [1.165, 1.54) is 12.1 Å². The number of hydrogen-bond donors (Lipinski definition) is 0. The molecule has 0 aromatic heterocycles. The van der Waals surface area contributed by atoms with Crippen molar-refractivity contribution in [3.05, 3.63) is 32.4 Å². The largest absolute Gasteiger partial charge is 0.418 e. The lowest BCUT2D eigenvalue weighted by molar-refractivity contribution is -0.138. The highest BCUT2D eigenvalue weighted by molar-refractivity contribution is 14.1. The molecule has 0 heterocycles. The predicted octanol–water partition coefficient (Wildman–Crippen LogP) is 3.60. The SMILES string of the molecule is N#Cc1c(I)ccc(C(=O)CCl)c1C(F)(F)F. The van der Waals surface area contributed by atoms with Crippen molar-refractivity contribution in [2.75, 3.05) is 5.88 Å². The molecular weight excluding hydrogens is 369 g/mol. The molecule has 0 unspecified atom stereocenters. The number of benzene rings is 1. The van der Waals surface area contributed by atoms with Crippen molar-refractivity contribution in [3.8, 4) is 6.07 Å². The third-order valence-corrected chi connectivity index (χ3v) is 3.11. The summed E-state index contributed by atoms with van der Waals surface area (Å²) in [4.78, 5) is 11.3. The number of nitrogens with zero attached hydrogens (tertiary/aromatic N) is 1. The van der Waals surface area contributed by atoms with Crippen molar-refractivity contribution in [1.29, 1.82) is 5.26 Å². The minimum atomic E-state index is -4.76. The van der Waals surface area contributed by atoms with Gasteiger partial charge in [-0.1, -0.05) is 0 Å². The Bertz CT molecular complexity index is 507. The van der Waals surface area contributed by atoms with E-state index in [-0.39, 0.29) is 3.57 Å². The standard InChI is InChI=1S/C10H4ClF3INO/c11-3-8(17)5-1-2-7(15)6(4-16)9(5)10(12,13)14/h1-2H,3H2. The van der Waals surface area contributed by atoms with Gasteiger partial charge in [0.1, 0.15) is 6.07 Å². The highest BCUT2D eigenvalue weighted by atomic mass is 127. The molecule has 1 aromatic carbocycles. The molecule has 2 nitrogen and oxygen atoms in total. The molecule has 17 heavy (non-hydrogen) atoms. The second-order valence-electron chi connectivity index (χ2n) is 3.01. The maximum absolute atomic E-state index is 12.8. The molecule has 90 valence electrons. The van der Waals surface area contributed by atoms with Crippen molar-refractivity contribution >= 4 is 40.0 Å². The summed E-state index contributed by atoms with van der Waals surface area (Å²) in [6, 6.07) is 3.79. The van der Waals surface area contributed by atoms with E-state index < -0.39 is 34.5 Å². The van der Waals surface area contributed by atoms with E-state index >= 15 is 0 Å². The van der Waals surface area contributed by atoms with Crippen LogP contribution in [0.5, 0.6) is 0 Å². The van der Waals surface area contributed by atoms with Crippen LogP contribution in [0.1, 0.15) is 21.5 Å². The molecule has 0 bridgehead atoms. The summed E-state index contributed by atoms with van der Waals surface area (Å²) < 4.78 is 38.6. The molecule has 0 spiro atoms. The Kier molecular flexibility index (Phi) is 4.38. The van der Waals surface area contributed by atoms with E-state index in [0.717, 1.165) is 6.07 Å². The highest BCUT2D eigenvalue weighted by Crippen LogP contribution is 2.36. The van der Waals surface area contributed by atoms with Crippen LogP contribution in [-0.2, 0) is 6.18 Å². The van der Waals surface area contributed by atoms with Crippen molar-refractivity contribution in [2.24, 2.45) is 0 Å². The highest BCUT2D eigenvalue weighted by Gasteiger charge is 2.38. The normalized spacial score (nSPS) is 11.1. The number of Topliss-reactive ketones (excluding diaryl/α,β-unsaturated/α-hetero) is 1. The van der Waals surface area contributed by atoms with Gasteiger partial charge in [-0.15, -0.1) is 11.6 Å². The van der Waals surface area contributed by atoms with Gasteiger partial charge < -0.3 is 0 Å². The maximum Gasteiger partial charge on any atom is 0.418 e. The van der Waals surface area contributed by atoms with E-state index in [2.05, 4.69) is 0 Å². The van der Waals surface area contributed by atoms with Crippen LogP contribution in [0.15, 0.2) is 12.1 Å².